The van der Waals surface area contributed by atoms with E-state index in [1.54, 1.807) is 0 Å². The van der Waals surface area contributed by atoms with Gasteiger partial charge >= 0.3 is 33.6 Å². The maximum atomic E-state index is 13.0. The summed E-state index contributed by atoms with van der Waals surface area (Å²) in [6.07, 6.45) is 110. The first-order chi connectivity index (χ1) is 56.2. The van der Waals surface area contributed by atoms with Gasteiger partial charge in [-0.1, -0.05) is 406 Å². The molecule has 0 saturated heterocycles. The van der Waals surface area contributed by atoms with Crippen LogP contribution in [0.25, 0.3) is 0 Å². The number of allylic oxidation sites excluding steroid dienone is 20. The lowest BCUT2D eigenvalue weighted by atomic mass is 10.0. The predicted molar refractivity (Wildman–Crippen MR) is 482 cm³/mol. The quantitative estimate of drug-likeness (QED) is 0.0146. The third-order valence-electron chi connectivity index (χ3n) is 20.2. The van der Waals surface area contributed by atoms with Crippen LogP contribution in [0.2, 0.25) is 0 Å². The van der Waals surface area contributed by atoms with Crippen molar-refractivity contribution in [2.24, 2.45) is 0 Å². The fourth-order valence-corrected chi connectivity index (χ4v) is 14.7. The summed E-state index contributed by atoms with van der Waals surface area (Å²) in [6.45, 7) is 2.61. The third kappa shape index (κ3) is 90.6. The van der Waals surface area contributed by atoms with Crippen LogP contribution in [0, 0.1) is 0 Å². The number of unbranched alkanes of at least 4 members (excludes halogenated alkanes) is 46. The standard InChI is InChI=1S/C97H172O16P2/c1-4-7-10-13-16-19-22-25-27-29-31-33-35-37-39-41-43-45-47-49-51-53-55-57-59-61-63-66-68-71-74-77-80-83-95(100)107-86-92(98)87-109-114(103,104)110-88-93(99)89-111-115(105,106)112-91-94(113-97(102)85-82-79-76-73-70-65-24-21-18-15-12-9-6-3)90-108-96(101)84-81-78-75-72-69-67-64-62-60-58-56-54-52-50-48-46-44-42-40-38-36-34-32-30-28-26-23-20-17-14-11-8-5-2/h7,10,16-17,19-20,25-28,31-34,37-40,43,45,92-94,98-99H,4-6,8-9,11-15,18,21-24,29-30,35-36,41-42,44,46-91H2,1-3H3,(H,103,104)(H,105,106)/b10-7-,19-16-,20-17-,27-25-,28-26-,33-31-,34-32-,39-37-,40-38-,45-43-. The molecule has 0 aliphatic carbocycles. The van der Waals surface area contributed by atoms with Crippen molar-refractivity contribution in [1.29, 1.82) is 0 Å². The molecule has 0 bridgehead atoms. The molecule has 5 unspecified atom stereocenters. The summed E-state index contributed by atoms with van der Waals surface area (Å²) in [5.41, 5.74) is 0. The average Bonchev–Trinajstić information content (AvgIpc) is 0.901. The summed E-state index contributed by atoms with van der Waals surface area (Å²) in [5.74, 6) is -1.55. The van der Waals surface area contributed by atoms with Crippen molar-refractivity contribution >= 4 is 33.6 Å². The van der Waals surface area contributed by atoms with Crippen LogP contribution in [0.3, 0.4) is 0 Å². The zero-order valence-electron chi connectivity index (χ0n) is 73.4. The van der Waals surface area contributed by atoms with E-state index in [2.05, 4.69) is 142 Å². The zero-order chi connectivity index (χ0) is 83.6. The van der Waals surface area contributed by atoms with Gasteiger partial charge in [-0.15, -0.1) is 0 Å². The Kier molecular flexibility index (Phi) is 86.1. The number of ether oxygens (including phenoxy) is 3. The monoisotopic (exact) mass is 1660 g/mol. The summed E-state index contributed by atoms with van der Waals surface area (Å²) >= 11 is 0. The largest absolute Gasteiger partial charge is 0.472 e. The number of phosphoric acid groups is 2. The van der Waals surface area contributed by atoms with Crippen molar-refractivity contribution in [3.8, 4) is 0 Å². The molecule has 4 N–H and O–H groups in total. The number of carbonyl (C=O) groups is 3. The van der Waals surface area contributed by atoms with Crippen molar-refractivity contribution < 1.29 is 75.8 Å². The molecule has 0 aromatic rings. The molecule has 0 rings (SSSR count). The van der Waals surface area contributed by atoms with Gasteiger partial charge in [-0.05, 0) is 116 Å². The third-order valence-corrected chi connectivity index (χ3v) is 22.1. The van der Waals surface area contributed by atoms with Gasteiger partial charge in [0.15, 0.2) is 6.10 Å². The topological polar surface area (TPSA) is 231 Å². The van der Waals surface area contributed by atoms with Crippen LogP contribution in [0.15, 0.2) is 122 Å². The maximum absolute atomic E-state index is 13.0. The highest BCUT2D eigenvalue weighted by atomic mass is 31.2. The van der Waals surface area contributed by atoms with Crippen LogP contribution in [0.4, 0.5) is 0 Å². The van der Waals surface area contributed by atoms with Gasteiger partial charge in [0.1, 0.15) is 25.4 Å². The van der Waals surface area contributed by atoms with Gasteiger partial charge in [0.2, 0.25) is 0 Å². The van der Waals surface area contributed by atoms with E-state index >= 15 is 0 Å². The summed E-state index contributed by atoms with van der Waals surface area (Å²) < 4.78 is 61.4. The highest BCUT2D eigenvalue weighted by Crippen LogP contribution is 2.45. The number of rotatable bonds is 89. The van der Waals surface area contributed by atoms with Gasteiger partial charge in [-0.3, -0.25) is 32.5 Å². The normalized spacial score (nSPS) is 14.3. The molecule has 115 heavy (non-hydrogen) atoms. The molecule has 0 aromatic carbocycles. The Hall–Kier alpha value is -4.05. The maximum Gasteiger partial charge on any atom is 0.472 e. The lowest BCUT2D eigenvalue weighted by Gasteiger charge is -2.21. The van der Waals surface area contributed by atoms with E-state index in [0.717, 1.165) is 128 Å². The lowest BCUT2D eigenvalue weighted by Crippen LogP contribution is -2.30. The zero-order valence-corrected chi connectivity index (χ0v) is 75.2. The van der Waals surface area contributed by atoms with Crippen molar-refractivity contribution in [3.63, 3.8) is 0 Å². The van der Waals surface area contributed by atoms with Crippen LogP contribution in [-0.4, -0.2) is 95.9 Å². The fraction of sp³-hybridized carbons (Fsp3) is 0.763. The number of aliphatic hydroxyl groups excluding tert-OH is 2. The molecule has 5 atom stereocenters. The Labute approximate surface area is 703 Å². The van der Waals surface area contributed by atoms with E-state index in [0.29, 0.717) is 19.3 Å². The molecule has 0 amide bonds. The van der Waals surface area contributed by atoms with E-state index in [-0.39, 0.29) is 19.3 Å². The van der Waals surface area contributed by atoms with Gasteiger partial charge in [-0.25, -0.2) is 9.13 Å². The minimum atomic E-state index is -4.93. The molecule has 0 heterocycles. The second kappa shape index (κ2) is 89.2. The van der Waals surface area contributed by atoms with E-state index in [4.69, 9.17) is 32.3 Å². The van der Waals surface area contributed by atoms with E-state index < -0.39 is 91.5 Å². The highest BCUT2D eigenvalue weighted by Gasteiger charge is 2.30. The van der Waals surface area contributed by atoms with Crippen LogP contribution in [0.5, 0.6) is 0 Å². The number of hydrogen-bond donors (Lipinski definition) is 4. The first kappa shape index (κ1) is 111. The van der Waals surface area contributed by atoms with Gasteiger partial charge in [0.25, 0.3) is 0 Å². The van der Waals surface area contributed by atoms with E-state index in [1.165, 1.54) is 231 Å². The molecular weight excluding hydrogens is 1480 g/mol. The van der Waals surface area contributed by atoms with Gasteiger partial charge < -0.3 is 34.2 Å². The summed E-state index contributed by atoms with van der Waals surface area (Å²) in [7, 11) is -9.79. The Morgan fingerprint density at radius 3 is 0.748 bits per heavy atom. The molecule has 0 aliphatic rings. The van der Waals surface area contributed by atoms with Crippen molar-refractivity contribution in [2.45, 2.75) is 437 Å². The van der Waals surface area contributed by atoms with Gasteiger partial charge in [0.05, 0.1) is 26.4 Å². The van der Waals surface area contributed by atoms with E-state index in [1.807, 2.05) is 0 Å². The molecule has 0 fully saturated rings. The smallest absolute Gasteiger partial charge is 0.463 e. The molecule has 0 aliphatic heterocycles. The molecule has 666 valence electrons. The molecule has 0 radical (unpaired) electrons. The Bertz CT molecular complexity index is 2570. The van der Waals surface area contributed by atoms with Crippen molar-refractivity contribution in [3.05, 3.63) is 122 Å². The molecule has 0 saturated carbocycles. The predicted octanol–water partition coefficient (Wildman–Crippen LogP) is 28.8. The minimum absolute atomic E-state index is 0.110. The molecule has 0 spiro atoms. The number of hydrogen-bond acceptors (Lipinski definition) is 14. The number of phosphoric ester groups is 2. The second-order valence-electron chi connectivity index (χ2n) is 31.4. The number of carbonyl (C=O) groups excluding carboxylic acids is 3. The van der Waals surface area contributed by atoms with Crippen LogP contribution < -0.4 is 0 Å². The Balaban J connectivity index is 4.38. The number of aliphatic hydroxyl groups is 2. The Morgan fingerprint density at radius 1 is 0.252 bits per heavy atom. The summed E-state index contributed by atoms with van der Waals surface area (Å²) in [6, 6.07) is 0. The van der Waals surface area contributed by atoms with Gasteiger partial charge in [-0.2, -0.15) is 0 Å². The summed E-state index contributed by atoms with van der Waals surface area (Å²) in [5, 5.41) is 20.7. The Morgan fingerprint density at radius 2 is 0.461 bits per heavy atom. The van der Waals surface area contributed by atoms with Crippen LogP contribution in [0.1, 0.15) is 419 Å². The van der Waals surface area contributed by atoms with E-state index in [9.17, 15) is 43.5 Å². The second-order valence-corrected chi connectivity index (χ2v) is 34.3. The molecule has 18 heteroatoms. The molecule has 16 nitrogen and oxygen atoms in total. The molecule has 0 aromatic heterocycles. The SMILES string of the molecule is CC/C=C\C/C=C\C/C=C\C/C=C\C/C=C\C/C=C\CCCCCCCCCCCCCCCCC(=O)OCC(O)COP(=O)(O)OCC(O)COP(=O)(O)OCC(COC(=O)CCCCCCCCCCCCCCCCCCC/C=C\C/C=C\C/C=C\C/C=C\CCCCC)OC(=O)CCCCCCCCCCCCCCC. The van der Waals surface area contributed by atoms with Crippen LogP contribution in [-0.2, 0) is 55.8 Å². The first-order valence-electron chi connectivity index (χ1n) is 46.8. The van der Waals surface area contributed by atoms with Crippen LogP contribution >= 0.6 is 15.6 Å². The molecular formula is C97H172O16P2. The average molecular weight is 1660 g/mol. The van der Waals surface area contributed by atoms with Gasteiger partial charge in [0, 0.05) is 19.3 Å². The lowest BCUT2D eigenvalue weighted by molar-refractivity contribution is -0.161. The first-order valence-corrected chi connectivity index (χ1v) is 49.8. The fourth-order valence-electron chi connectivity index (χ4n) is 13.1. The number of esters is 3. The van der Waals surface area contributed by atoms with Crippen molar-refractivity contribution in [2.75, 3.05) is 39.6 Å². The minimum Gasteiger partial charge on any atom is -0.463 e. The van der Waals surface area contributed by atoms with Crippen molar-refractivity contribution in [1.82, 2.24) is 0 Å². The highest BCUT2D eigenvalue weighted by molar-refractivity contribution is 7.47. The summed E-state index contributed by atoms with van der Waals surface area (Å²) in [4.78, 5) is 58.9.